The van der Waals surface area contributed by atoms with Gasteiger partial charge in [0, 0.05) is 12.5 Å². The molecule has 1 aromatic heterocycles. The van der Waals surface area contributed by atoms with Gasteiger partial charge in [-0.25, -0.2) is 22.0 Å². The molecule has 0 saturated carbocycles. The van der Waals surface area contributed by atoms with Gasteiger partial charge in [0.1, 0.15) is 8.42 Å². The minimum absolute atomic E-state index is 0.0287. The lowest BCUT2D eigenvalue weighted by Crippen LogP contribution is -2.35. The van der Waals surface area contributed by atoms with Crippen molar-refractivity contribution in [3.05, 3.63) is 11.6 Å². The fourth-order valence-electron chi connectivity index (χ4n) is 2.12. The Bertz CT molecular complexity index is 763. The highest BCUT2D eigenvalue weighted by Gasteiger charge is 2.39. The summed E-state index contributed by atoms with van der Waals surface area (Å²) in [6, 6.07) is 0.715. The van der Waals surface area contributed by atoms with Crippen molar-refractivity contribution in [2.24, 2.45) is 5.14 Å². The molecule has 10 heteroatoms. The van der Waals surface area contributed by atoms with E-state index in [-0.39, 0.29) is 20.7 Å². The number of rotatable bonds is 2. The topological polar surface area (TPSA) is 123 Å². The minimum Gasteiger partial charge on any atom is -0.349 e. The Kier molecular flexibility index (Phi) is 3.70. The first kappa shape index (κ1) is 15.4. The Labute approximate surface area is 121 Å². The van der Waals surface area contributed by atoms with Crippen LogP contribution in [0.5, 0.6) is 0 Å². The van der Waals surface area contributed by atoms with Gasteiger partial charge in [0.2, 0.25) is 15.9 Å². The number of carbonyl (C=O) groups excluding carboxylic acids is 1. The lowest BCUT2D eigenvalue weighted by atomic mass is 10.1. The average Bonchev–Trinajstić information content (AvgIpc) is 2.70. The van der Waals surface area contributed by atoms with Gasteiger partial charge in [0.05, 0.1) is 11.3 Å². The molecule has 0 aliphatic carbocycles. The van der Waals surface area contributed by atoms with Gasteiger partial charge >= 0.3 is 0 Å². The van der Waals surface area contributed by atoms with Gasteiger partial charge in [-0.3, -0.25) is 4.79 Å². The molecule has 2 heterocycles. The second-order valence-electron chi connectivity index (χ2n) is 4.70. The number of nitrogens with two attached hydrogens (primary N) is 1. The molecular weight excluding hydrogens is 324 g/mol. The van der Waals surface area contributed by atoms with Crippen LogP contribution >= 0.6 is 11.3 Å². The molecule has 1 aliphatic heterocycles. The molecule has 0 saturated heterocycles. The number of sulfone groups is 1. The van der Waals surface area contributed by atoms with Crippen LogP contribution in [-0.4, -0.2) is 28.0 Å². The molecule has 0 fully saturated rings. The number of amides is 1. The summed E-state index contributed by atoms with van der Waals surface area (Å²) < 4.78 is 47.0. The monoisotopic (exact) mass is 338 g/mol. The summed E-state index contributed by atoms with van der Waals surface area (Å²) in [5.41, 5.74) is 0.298. The van der Waals surface area contributed by atoms with Gasteiger partial charge in [-0.2, -0.15) is 0 Å². The maximum Gasteiger partial charge on any atom is 0.247 e. The van der Waals surface area contributed by atoms with Crippen molar-refractivity contribution >= 4 is 37.1 Å². The van der Waals surface area contributed by atoms with Crippen molar-refractivity contribution in [1.82, 2.24) is 5.32 Å². The smallest absolute Gasteiger partial charge is 0.247 e. The van der Waals surface area contributed by atoms with Gasteiger partial charge in [-0.15, -0.1) is 11.3 Å². The number of sulfonamides is 1. The van der Waals surface area contributed by atoms with E-state index in [1.54, 1.807) is 0 Å². The molecule has 3 N–H and O–H groups in total. The van der Waals surface area contributed by atoms with Crippen LogP contribution in [0.1, 0.15) is 31.9 Å². The first-order chi connectivity index (χ1) is 9.03. The van der Waals surface area contributed by atoms with E-state index in [0.29, 0.717) is 16.9 Å². The third-order valence-corrected chi connectivity index (χ3v) is 8.41. The Balaban J connectivity index is 2.64. The highest BCUT2D eigenvalue weighted by molar-refractivity contribution is 7.95. The van der Waals surface area contributed by atoms with Gasteiger partial charge in [0.15, 0.2) is 9.84 Å². The fourth-order valence-corrected chi connectivity index (χ4v) is 6.54. The average molecular weight is 338 g/mol. The van der Waals surface area contributed by atoms with Crippen LogP contribution in [0.4, 0.5) is 0 Å². The molecule has 112 valence electrons. The van der Waals surface area contributed by atoms with Crippen LogP contribution in [0, 0.1) is 0 Å². The molecule has 1 amide bonds. The zero-order valence-electron chi connectivity index (χ0n) is 10.8. The molecule has 1 aliphatic rings. The predicted molar refractivity (Wildman–Crippen MR) is 73.5 cm³/mol. The predicted octanol–water partition coefficient (Wildman–Crippen LogP) is 0.139. The zero-order chi connectivity index (χ0) is 15.3. The minimum atomic E-state index is -3.98. The normalized spacial score (nSPS) is 24.9. The zero-order valence-corrected chi connectivity index (χ0v) is 13.2. The van der Waals surface area contributed by atoms with E-state index in [0.717, 1.165) is 0 Å². The lowest BCUT2D eigenvalue weighted by Gasteiger charge is -2.27. The van der Waals surface area contributed by atoms with Crippen LogP contribution in [-0.2, 0) is 24.7 Å². The van der Waals surface area contributed by atoms with Gasteiger partial charge in [-0.1, -0.05) is 0 Å². The van der Waals surface area contributed by atoms with Gasteiger partial charge in [0.25, 0.3) is 0 Å². The van der Waals surface area contributed by atoms with Crippen LogP contribution in [0.25, 0.3) is 0 Å². The Morgan fingerprint density at radius 2 is 2.10 bits per heavy atom. The van der Waals surface area contributed by atoms with Gasteiger partial charge < -0.3 is 5.32 Å². The Morgan fingerprint density at radius 1 is 1.50 bits per heavy atom. The van der Waals surface area contributed by atoms with Crippen molar-refractivity contribution in [2.75, 3.05) is 0 Å². The Morgan fingerprint density at radius 3 is 2.60 bits per heavy atom. The second-order valence-corrected chi connectivity index (χ2v) is 10.1. The van der Waals surface area contributed by atoms with Gasteiger partial charge in [-0.05, 0) is 19.4 Å². The standard InChI is InChI=1S/C10H14N2O5S3/c1-5-3-8(12-6(2)13)7-4-9(20(11,16)17)18-10(7)19(5,14)15/h4-5,8H,3H2,1-2H3,(H,12,13)(H2,11,16,17)/t5-,8+/m1/s1. The third kappa shape index (κ3) is 2.60. The number of hydrogen-bond acceptors (Lipinski definition) is 6. The van der Waals surface area contributed by atoms with Crippen molar-refractivity contribution in [3.63, 3.8) is 0 Å². The molecule has 1 aromatic rings. The number of nitrogens with one attached hydrogen (secondary N) is 1. The molecule has 0 spiro atoms. The van der Waals surface area contributed by atoms with Crippen LogP contribution in [0.2, 0.25) is 0 Å². The summed E-state index contributed by atoms with van der Waals surface area (Å²) >= 11 is 0.632. The van der Waals surface area contributed by atoms with Crippen LogP contribution in [0.15, 0.2) is 14.5 Å². The molecule has 0 aromatic carbocycles. The van der Waals surface area contributed by atoms with Crippen molar-refractivity contribution in [3.8, 4) is 0 Å². The third-order valence-electron chi connectivity index (χ3n) is 3.09. The van der Waals surface area contributed by atoms with Crippen molar-refractivity contribution in [1.29, 1.82) is 0 Å². The van der Waals surface area contributed by atoms with E-state index in [9.17, 15) is 21.6 Å². The van der Waals surface area contributed by atoms with Crippen molar-refractivity contribution < 1.29 is 21.6 Å². The largest absolute Gasteiger partial charge is 0.349 e. The number of thiophene rings is 1. The number of carbonyl (C=O) groups is 1. The number of primary sulfonamides is 1. The summed E-state index contributed by atoms with van der Waals surface area (Å²) in [6.07, 6.45) is 0.204. The molecule has 20 heavy (non-hydrogen) atoms. The van der Waals surface area contributed by atoms with E-state index in [1.807, 2.05) is 0 Å². The first-order valence-corrected chi connectivity index (χ1v) is 9.62. The molecule has 0 radical (unpaired) electrons. The lowest BCUT2D eigenvalue weighted by molar-refractivity contribution is -0.119. The molecular formula is C10H14N2O5S3. The summed E-state index contributed by atoms with van der Waals surface area (Å²) in [4.78, 5) is 11.2. The summed E-state index contributed by atoms with van der Waals surface area (Å²) in [6.45, 7) is 2.85. The van der Waals surface area contributed by atoms with E-state index < -0.39 is 31.2 Å². The molecule has 2 rings (SSSR count). The highest BCUT2D eigenvalue weighted by Crippen LogP contribution is 2.42. The molecule has 2 atom stereocenters. The molecule has 0 bridgehead atoms. The van der Waals surface area contributed by atoms with Crippen LogP contribution < -0.4 is 10.5 Å². The highest BCUT2D eigenvalue weighted by atomic mass is 32.3. The quantitative estimate of drug-likeness (QED) is 0.794. The SMILES string of the molecule is CC(=O)N[C@H]1C[C@@H](C)S(=O)(=O)c2sc(S(N)(=O)=O)cc21. The van der Waals surface area contributed by atoms with Crippen molar-refractivity contribution in [2.45, 2.75) is 40.0 Å². The maximum atomic E-state index is 12.2. The summed E-state index contributed by atoms with van der Waals surface area (Å²) in [7, 11) is -7.56. The Hall–Kier alpha value is -0.970. The molecule has 0 unspecified atom stereocenters. The van der Waals surface area contributed by atoms with E-state index in [2.05, 4.69) is 5.32 Å². The maximum absolute atomic E-state index is 12.2. The summed E-state index contributed by atoms with van der Waals surface area (Å²) in [5, 5.41) is 6.98. The number of fused-ring (bicyclic) bond motifs is 1. The number of hydrogen-bond donors (Lipinski definition) is 2. The fraction of sp³-hybridized carbons (Fsp3) is 0.500. The molecule has 7 nitrogen and oxygen atoms in total. The van der Waals surface area contributed by atoms with E-state index in [1.165, 1.54) is 19.9 Å². The second kappa shape index (κ2) is 4.79. The first-order valence-electron chi connectivity index (χ1n) is 5.71. The van der Waals surface area contributed by atoms with E-state index in [4.69, 9.17) is 5.14 Å². The van der Waals surface area contributed by atoms with Crippen LogP contribution in [0.3, 0.4) is 0 Å². The van der Waals surface area contributed by atoms with E-state index >= 15 is 0 Å². The summed E-state index contributed by atoms with van der Waals surface area (Å²) in [5.74, 6) is -0.309.